The first-order valence-corrected chi connectivity index (χ1v) is 16.8. The molecule has 0 aliphatic heterocycles. The van der Waals surface area contributed by atoms with E-state index < -0.39 is 5.41 Å². The van der Waals surface area contributed by atoms with Crippen molar-refractivity contribution in [3.8, 4) is 0 Å². The molecule has 0 heterocycles. The van der Waals surface area contributed by atoms with Crippen LogP contribution in [0, 0.1) is 56.7 Å². The lowest BCUT2D eigenvalue weighted by Crippen LogP contribution is -2.66. The van der Waals surface area contributed by atoms with Gasteiger partial charge < -0.3 is 14.8 Å². The molecule has 0 aromatic heterocycles. The van der Waals surface area contributed by atoms with Crippen LogP contribution in [0.2, 0.25) is 0 Å². The SMILES string of the molecule is COC(=O)CCNC(=O)[C@]12CC[C@@H](C)[C@H](C)[C@H]1C1=CC[C@@H]3[C@@]4(C)CC[C@H](OC(C)=O)C(C)(C)[C@@H]4CC[C@@]3(C)[C@]1(C)CC2. The summed E-state index contributed by atoms with van der Waals surface area (Å²) in [6, 6.07) is 0. The smallest absolute Gasteiger partial charge is 0.307 e. The zero-order chi connectivity index (χ0) is 30.9. The lowest BCUT2D eigenvalue weighted by molar-refractivity contribution is -0.212. The standard InChI is InChI=1S/C36H57NO5/c1-22-12-18-36(31(40)37-21-15-29(39)41-9)20-19-34(7)25(30(36)23(22)2)10-11-27-33(6)16-14-28(42-24(3)38)32(4,5)26(33)13-17-35(27,34)8/h10,22-23,26-28,30H,11-21H2,1-9H3,(H,37,40)/t22-,23+,26+,27-,28+,30+,33+,34-,35-,36+/m1/s1. The number of fused-ring (bicyclic) bond motifs is 7. The van der Waals surface area contributed by atoms with Gasteiger partial charge in [-0.3, -0.25) is 14.4 Å². The van der Waals surface area contributed by atoms with Crippen LogP contribution in [0.5, 0.6) is 0 Å². The predicted molar refractivity (Wildman–Crippen MR) is 164 cm³/mol. The normalized spacial score (nSPS) is 45.6. The highest BCUT2D eigenvalue weighted by atomic mass is 16.5. The molecule has 1 amide bonds. The Hall–Kier alpha value is -1.85. The topological polar surface area (TPSA) is 81.7 Å². The Balaban J connectivity index is 1.50. The van der Waals surface area contributed by atoms with E-state index in [0.717, 1.165) is 51.4 Å². The molecule has 4 fully saturated rings. The Morgan fingerprint density at radius 2 is 1.64 bits per heavy atom. The zero-order valence-electron chi connectivity index (χ0n) is 27.9. The van der Waals surface area contributed by atoms with Gasteiger partial charge in [0.25, 0.3) is 0 Å². The number of allylic oxidation sites excluding steroid dienone is 2. The summed E-state index contributed by atoms with van der Waals surface area (Å²) in [4.78, 5) is 37.9. The predicted octanol–water partition coefficient (Wildman–Crippen LogP) is 7.26. The summed E-state index contributed by atoms with van der Waals surface area (Å²) in [6.45, 7) is 19.0. The molecule has 0 spiro atoms. The van der Waals surface area contributed by atoms with Gasteiger partial charge in [-0.25, -0.2) is 0 Å². The maximum atomic E-state index is 14.1. The number of carbonyl (C=O) groups excluding carboxylic acids is 3. The van der Waals surface area contributed by atoms with Gasteiger partial charge in [-0.1, -0.05) is 60.1 Å². The fraction of sp³-hybridized carbons (Fsp3) is 0.861. The average molecular weight is 584 g/mol. The molecule has 5 aliphatic rings. The first-order valence-electron chi connectivity index (χ1n) is 16.8. The monoisotopic (exact) mass is 583 g/mol. The molecule has 0 saturated heterocycles. The van der Waals surface area contributed by atoms with E-state index in [9.17, 15) is 14.4 Å². The minimum Gasteiger partial charge on any atom is -0.469 e. The van der Waals surface area contributed by atoms with E-state index in [1.807, 2.05) is 0 Å². The Labute approximate surface area is 254 Å². The molecule has 4 saturated carbocycles. The highest BCUT2D eigenvalue weighted by Gasteiger charge is 2.69. The third-order valence-electron chi connectivity index (χ3n) is 14.5. The Bertz CT molecular complexity index is 1140. The lowest BCUT2D eigenvalue weighted by Gasteiger charge is -2.71. The molecular weight excluding hydrogens is 526 g/mol. The fourth-order valence-corrected chi connectivity index (χ4v) is 11.8. The number of hydrogen-bond acceptors (Lipinski definition) is 5. The summed E-state index contributed by atoms with van der Waals surface area (Å²) in [5, 5.41) is 3.18. The maximum absolute atomic E-state index is 14.1. The first kappa shape index (κ1) is 31.6. The second kappa shape index (κ2) is 10.6. The Morgan fingerprint density at radius 3 is 2.31 bits per heavy atom. The van der Waals surface area contributed by atoms with Crippen molar-refractivity contribution in [1.29, 1.82) is 0 Å². The summed E-state index contributed by atoms with van der Waals surface area (Å²) in [6.07, 6.45) is 12.2. The van der Waals surface area contributed by atoms with Gasteiger partial charge in [0, 0.05) is 18.9 Å². The molecule has 6 nitrogen and oxygen atoms in total. The molecule has 10 atom stereocenters. The first-order chi connectivity index (χ1) is 19.6. The zero-order valence-corrected chi connectivity index (χ0v) is 27.9. The van der Waals surface area contributed by atoms with E-state index in [1.54, 1.807) is 12.5 Å². The van der Waals surface area contributed by atoms with Crippen molar-refractivity contribution < 1.29 is 23.9 Å². The molecule has 0 bridgehead atoms. The molecule has 236 valence electrons. The highest BCUT2D eigenvalue weighted by molar-refractivity contribution is 5.84. The van der Waals surface area contributed by atoms with Crippen molar-refractivity contribution in [2.45, 2.75) is 126 Å². The summed E-state index contributed by atoms with van der Waals surface area (Å²) in [5.41, 5.74) is 1.49. The number of nitrogens with one attached hydrogen (secondary N) is 1. The highest BCUT2D eigenvalue weighted by Crippen LogP contribution is 2.75. The van der Waals surface area contributed by atoms with Gasteiger partial charge in [-0.05, 0) is 104 Å². The summed E-state index contributed by atoms with van der Waals surface area (Å²) in [5.74, 6) is 2.01. The molecule has 0 unspecified atom stereocenters. The minimum absolute atomic E-state index is 0.0136. The van der Waals surface area contributed by atoms with Crippen molar-refractivity contribution in [2.24, 2.45) is 56.7 Å². The van der Waals surface area contributed by atoms with Crippen molar-refractivity contribution in [3.05, 3.63) is 11.6 Å². The van der Waals surface area contributed by atoms with Gasteiger partial charge in [-0.2, -0.15) is 0 Å². The molecule has 5 rings (SSSR count). The molecule has 1 N–H and O–H groups in total. The van der Waals surface area contributed by atoms with Crippen LogP contribution in [-0.4, -0.2) is 37.6 Å². The third kappa shape index (κ3) is 4.42. The summed E-state index contributed by atoms with van der Waals surface area (Å²) >= 11 is 0. The van der Waals surface area contributed by atoms with Crippen LogP contribution in [0.1, 0.15) is 120 Å². The van der Waals surface area contributed by atoms with Crippen molar-refractivity contribution in [2.75, 3.05) is 13.7 Å². The fourth-order valence-electron chi connectivity index (χ4n) is 11.8. The minimum atomic E-state index is -0.401. The number of carbonyl (C=O) groups is 3. The number of rotatable bonds is 5. The van der Waals surface area contributed by atoms with Crippen LogP contribution in [0.4, 0.5) is 0 Å². The second-order valence-corrected chi connectivity index (χ2v) is 16.3. The molecular formula is C36H57NO5. The molecule has 5 aliphatic carbocycles. The summed E-state index contributed by atoms with van der Waals surface area (Å²) in [7, 11) is 1.40. The molecule has 42 heavy (non-hydrogen) atoms. The second-order valence-electron chi connectivity index (χ2n) is 16.3. The van der Waals surface area contributed by atoms with Crippen LogP contribution in [-0.2, 0) is 23.9 Å². The third-order valence-corrected chi connectivity index (χ3v) is 14.5. The van der Waals surface area contributed by atoms with Crippen molar-refractivity contribution >= 4 is 17.8 Å². The maximum Gasteiger partial charge on any atom is 0.307 e. The van der Waals surface area contributed by atoms with E-state index in [4.69, 9.17) is 9.47 Å². The van der Waals surface area contributed by atoms with E-state index in [0.29, 0.717) is 30.2 Å². The van der Waals surface area contributed by atoms with Crippen LogP contribution < -0.4 is 5.32 Å². The van der Waals surface area contributed by atoms with Crippen LogP contribution in [0.15, 0.2) is 11.6 Å². The van der Waals surface area contributed by atoms with Gasteiger partial charge in [0.2, 0.25) is 5.91 Å². The van der Waals surface area contributed by atoms with Crippen molar-refractivity contribution in [3.63, 3.8) is 0 Å². The van der Waals surface area contributed by atoms with Gasteiger partial charge in [0.1, 0.15) is 6.10 Å². The van der Waals surface area contributed by atoms with E-state index in [1.165, 1.54) is 13.5 Å². The molecule has 0 aromatic carbocycles. The van der Waals surface area contributed by atoms with E-state index in [2.05, 4.69) is 59.9 Å². The largest absolute Gasteiger partial charge is 0.469 e. The van der Waals surface area contributed by atoms with Crippen LogP contribution in [0.25, 0.3) is 0 Å². The Kier molecular flexibility index (Phi) is 8.00. The number of esters is 2. The molecule has 0 aromatic rings. The van der Waals surface area contributed by atoms with E-state index in [-0.39, 0.29) is 57.9 Å². The number of methoxy groups -OCH3 is 1. The van der Waals surface area contributed by atoms with Crippen LogP contribution >= 0.6 is 0 Å². The molecule has 0 radical (unpaired) electrons. The van der Waals surface area contributed by atoms with Gasteiger partial charge in [0.05, 0.1) is 18.9 Å². The number of amides is 1. The van der Waals surface area contributed by atoms with Gasteiger partial charge >= 0.3 is 11.9 Å². The average Bonchev–Trinajstić information content (AvgIpc) is 2.92. The lowest BCUT2D eigenvalue weighted by atomic mass is 9.33. The Morgan fingerprint density at radius 1 is 0.929 bits per heavy atom. The quantitative estimate of drug-likeness (QED) is 0.272. The van der Waals surface area contributed by atoms with Gasteiger partial charge in [-0.15, -0.1) is 0 Å². The van der Waals surface area contributed by atoms with Crippen molar-refractivity contribution in [1.82, 2.24) is 5.32 Å². The van der Waals surface area contributed by atoms with Crippen LogP contribution in [0.3, 0.4) is 0 Å². The molecule has 6 heteroatoms. The summed E-state index contributed by atoms with van der Waals surface area (Å²) < 4.78 is 10.7. The number of ether oxygens (including phenoxy) is 2. The van der Waals surface area contributed by atoms with E-state index >= 15 is 0 Å². The number of hydrogen-bond donors (Lipinski definition) is 1. The van der Waals surface area contributed by atoms with Gasteiger partial charge in [0.15, 0.2) is 0 Å².